The van der Waals surface area contributed by atoms with Crippen molar-refractivity contribution in [1.29, 1.82) is 0 Å². The monoisotopic (exact) mass is 395 g/mol. The smallest absolute Gasteiger partial charge is 0.188 e. The molecule has 0 saturated heterocycles. The molecule has 0 amide bonds. The Morgan fingerprint density at radius 1 is 0.958 bits per heavy atom. The van der Waals surface area contributed by atoms with Gasteiger partial charge in [0.05, 0.1) is 4.47 Å². The largest absolute Gasteiger partial charge is 0.467 e. The molecule has 2 aromatic carbocycles. The summed E-state index contributed by atoms with van der Waals surface area (Å²) in [5, 5.41) is 3.20. The lowest BCUT2D eigenvalue weighted by Gasteiger charge is -2.20. The highest BCUT2D eigenvalue weighted by atomic mass is 79.9. The van der Waals surface area contributed by atoms with Crippen molar-refractivity contribution >= 4 is 15.9 Å². The van der Waals surface area contributed by atoms with Crippen LogP contribution < -0.4 is 14.8 Å². The van der Waals surface area contributed by atoms with Crippen LogP contribution in [-0.4, -0.2) is 34.9 Å². The van der Waals surface area contributed by atoms with E-state index in [1.807, 2.05) is 31.3 Å². The van der Waals surface area contributed by atoms with Crippen LogP contribution >= 0.6 is 15.9 Å². The van der Waals surface area contributed by atoms with Crippen LogP contribution in [0.3, 0.4) is 0 Å². The average Bonchev–Trinajstić information content (AvgIpc) is 2.61. The second-order valence-corrected chi connectivity index (χ2v) is 5.83. The van der Waals surface area contributed by atoms with Crippen molar-refractivity contribution in [2.45, 2.75) is 6.54 Å². The minimum Gasteiger partial charge on any atom is -0.467 e. The molecule has 2 rings (SSSR count). The van der Waals surface area contributed by atoms with Crippen molar-refractivity contribution in [1.82, 2.24) is 5.32 Å². The Morgan fingerprint density at radius 3 is 2.17 bits per heavy atom. The minimum atomic E-state index is 0.157. The number of benzene rings is 2. The standard InChI is InChI=1S/C18H22BrNO4/c1-20-10-14-17(13-7-5-4-6-8-13)15(23-11-21-2)9-16(18(14)19)24-12-22-3/h4-9,20H,10-12H2,1-3H3. The van der Waals surface area contributed by atoms with Gasteiger partial charge in [-0.3, -0.25) is 0 Å². The molecule has 6 heteroatoms. The van der Waals surface area contributed by atoms with Gasteiger partial charge in [-0.15, -0.1) is 0 Å². The molecule has 0 aliphatic carbocycles. The molecule has 24 heavy (non-hydrogen) atoms. The number of hydrogen-bond acceptors (Lipinski definition) is 5. The number of halogens is 1. The Balaban J connectivity index is 2.61. The molecule has 0 bridgehead atoms. The fourth-order valence-corrected chi connectivity index (χ4v) is 2.96. The Hall–Kier alpha value is -1.60. The molecule has 0 aromatic heterocycles. The van der Waals surface area contributed by atoms with E-state index in [2.05, 4.69) is 33.4 Å². The van der Waals surface area contributed by atoms with Crippen LogP contribution in [0.25, 0.3) is 11.1 Å². The molecule has 2 aromatic rings. The SMILES string of the molecule is CNCc1c(Br)c(OCOC)cc(OCOC)c1-c1ccccc1. The normalized spacial score (nSPS) is 10.7. The lowest BCUT2D eigenvalue weighted by atomic mass is 9.98. The number of methoxy groups -OCH3 is 2. The maximum absolute atomic E-state index is 5.81. The van der Waals surface area contributed by atoms with E-state index in [0.717, 1.165) is 21.2 Å². The predicted octanol–water partition coefficient (Wildman–Crippen LogP) is 3.80. The molecule has 0 fully saturated rings. The topological polar surface area (TPSA) is 49.0 Å². The van der Waals surface area contributed by atoms with E-state index in [1.54, 1.807) is 14.2 Å². The summed E-state index contributed by atoms with van der Waals surface area (Å²) in [5.74, 6) is 1.36. The first kappa shape index (κ1) is 18.7. The zero-order chi connectivity index (χ0) is 17.4. The summed E-state index contributed by atoms with van der Waals surface area (Å²) >= 11 is 3.66. The van der Waals surface area contributed by atoms with Crippen LogP contribution in [0.1, 0.15) is 5.56 Å². The molecule has 0 unspecified atom stereocenters. The van der Waals surface area contributed by atoms with Crippen molar-refractivity contribution in [3.63, 3.8) is 0 Å². The summed E-state index contributed by atoms with van der Waals surface area (Å²) in [6.07, 6.45) is 0. The van der Waals surface area contributed by atoms with Crippen LogP contribution in [0.15, 0.2) is 40.9 Å². The molecular weight excluding hydrogens is 374 g/mol. The van der Waals surface area contributed by atoms with Crippen LogP contribution in [0, 0.1) is 0 Å². The van der Waals surface area contributed by atoms with E-state index in [-0.39, 0.29) is 13.6 Å². The minimum absolute atomic E-state index is 0.157. The fourth-order valence-electron chi connectivity index (χ4n) is 2.39. The van der Waals surface area contributed by atoms with Gasteiger partial charge in [0.1, 0.15) is 11.5 Å². The maximum Gasteiger partial charge on any atom is 0.188 e. The summed E-state index contributed by atoms with van der Waals surface area (Å²) in [6.45, 7) is 0.967. The van der Waals surface area contributed by atoms with Gasteiger partial charge < -0.3 is 24.3 Å². The Bertz CT molecular complexity index is 649. The maximum atomic E-state index is 5.81. The third kappa shape index (κ3) is 4.48. The lowest BCUT2D eigenvalue weighted by molar-refractivity contribution is 0.0458. The zero-order valence-electron chi connectivity index (χ0n) is 14.1. The van der Waals surface area contributed by atoms with Gasteiger partial charge >= 0.3 is 0 Å². The molecule has 0 aliphatic rings. The molecule has 0 saturated carbocycles. The lowest BCUT2D eigenvalue weighted by Crippen LogP contribution is -2.11. The summed E-state index contributed by atoms with van der Waals surface area (Å²) in [7, 11) is 5.08. The fraction of sp³-hybridized carbons (Fsp3) is 0.333. The molecule has 0 atom stereocenters. The van der Waals surface area contributed by atoms with Crippen molar-refractivity contribution in [2.75, 3.05) is 34.9 Å². The third-order valence-corrected chi connectivity index (χ3v) is 4.24. The van der Waals surface area contributed by atoms with Gasteiger partial charge in [0.25, 0.3) is 0 Å². The highest BCUT2D eigenvalue weighted by molar-refractivity contribution is 9.10. The number of rotatable bonds is 9. The number of hydrogen-bond donors (Lipinski definition) is 1. The molecule has 1 N–H and O–H groups in total. The van der Waals surface area contributed by atoms with E-state index < -0.39 is 0 Å². The molecule has 0 heterocycles. The van der Waals surface area contributed by atoms with Gasteiger partial charge in [-0.2, -0.15) is 0 Å². The second-order valence-electron chi connectivity index (χ2n) is 5.04. The zero-order valence-corrected chi connectivity index (χ0v) is 15.7. The Kier molecular flexibility index (Phi) is 7.52. The van der Waals surface area contributed by atoms with Crippen LogP contribution in [0.2, 0.25) is 0 Å². The quantitative estimate of drug-likeness (QED) is 0.654. The van der Waals surface area contributed by atoms with E-state index in [4.69, 9.17) is 18.9 Å². The summed E-state index contributed by atoms with van der Waals surface area (Å²) in [4.78, 5) is 0. The van der Waals surface area contributed by atoms with Crippen LogP contribution in [0.5, 0.6) is 11.5 Å². The van der Waals surface area contributed by atoms with E-state index in [1.165, 1.54) is 0 Å². The Labute approximate surface area is 151 Å². The highest BCUT2D eigenvalue weighted by Crippen LogP contribution is 2.43. The van der Waals surface area contributed by atoms with E-state index in [0.29, 0.717) is 18.0 Å². The second kappa shape index (κ2) is 9.64. The predicted molar refractivity (Wildman–Crippen MR) is 97.3 cm³/mol. The van der Waals surface area contributed by atoms with Crippen molar-refractivity contribution in [3.05, 3.63) is 46.4 Å². The number of ether oxygens (including phenoxy) is 4. The van der Waals surface area contributed by atoms with Gasteiger partial charge in [0.15, 0.2) is 13.6 Å². The van der Waals surface area contributed by atoms with Crippen LogP contribution in [-0.2, 0) is 16.0 Å². The first-order valence-corrected chi connectivity index (χ1v) is 8.31. The third-order valence-electron chi connectivity index (χ3n) is 3.37. The molecule has 0 radical (unpaired) electrons. The van der Waals surface area contributed by atoms with Gasteiger partial charge in [0, 0.05) is 32.4 Å². The first-order valence-electron chi connectivity index (χ1n) is 7.51. The molecule has 0 aliphatic heterocycles. The van der Waals surface area contributed by atoms with Crippen molar-refractivity contribution < 1.29 is 18.9 Å². The molecular formula is C18H22BrNO4. The van der Waals surface area contributed by atoms with Gasteiger partial charge in [-0.25, -0.2) is 0 Å². The summed E-state index contributed by atoms with van der Waals surface area (Å²) in [6, 6.07) is 11.9. The number of nitrogens with one attached hydrogen (secondary N) is 1. The summed E-state index contributed by atoms with van der Waals surface area (Å²) < 4.78 is 22.4. The van der Waals surface area contributed by atoms with Crippen LogP contribution in [0.4, 0.5) is 0 Å². The summed E-state index contributed by atoms with van der Waals surface area (Å²) in [5.41, 5.74) is 3.11. The first-order chi connectivity index (χ1) is 11.7. The van der Waals surface area contributed by atoms with Gasteiger partial charge in [0.2, 0.25) is 0 Å². The van der Waals surface area contributed by atoms with Crippen molar-refractivity contribution in [2.24, 2.45) is 0 Å². The van der Waals surface area contributed by atoms with Crippen molar-refractivity contribution in [3.8, 4) is 22.6 Å². The van der Waals surface area contributed by atoms with E-state index in [9.17, 15) is 0 Å². The van der Waals surface area contributed by atoms with Gasteiger partial charge in [-0.1, -0.05) is 30.3 Å². The molecule has 5 nitrogen and oxygen atoms in total. The van der Waals surface area contributed by atoms with Gasteiger partial charge in [-0.05, 0) is 34.1 Å². The molecule has 0 spiro atoms. The molecule has 130 valence electrons. The van der Waals surface area contributed by atoms with E-state index >= 15 is 0 Å². The Morgan fingerprint density at radius 2 is 1.58 bits per heavy atom. The highest BCUT2D eigenvalue weighted by Gasteiger charge is 2.19. The average molecular weight is 396 g/mol.